The van der Waals surface area contributed by atoms with E-state index < -0.39 is 0 Å². The summed E-state index contributed by atoms with van der Waals surface area (Å²) in [4.78, 5) is 2.65. The van der Waals surface area contributed by atoms with Gasteiger partial charge >= 0.3 is 0 Å². The van der Waals surface area contributed by atoms with Crippen molar-refractivity contribution in [3.63, 3.8) is 0 Å². The molecule has 1 heteroatoms. The van der Waals surface area contributed by atoms with E-state index in [2.05, 4.69) is 76.8 Å². The Kier molecular flexibility index (Phi) is 4.27. The molecule has 3 rings (SSSR count). The lowest BCUT2D eigenvalue weighted by Gasteiger charge is -2.39. The predicted octanol–water partition coefficient (Wildman–Crippen LogP) is 5.60. The fraction of sp³-hybridized carbons (Fsp3) is 0.545. The van der Waals surface area contributed by atoms with Crippen LogP contribution in [0.25, 0.3) is 0 Å². The Balaban J connectivity index is 2.20. The Morgan fingerprint density at radius 2 is 1.74 bits per heavy atom. The highest BCUT2D eigenvalue weighted by atomic mass is 15.2. The van der Waals surface area contributed by atoms with Gasteiger partial charge in [0.25, 0.3) is 0 Å². The first-order chi connectivity index (χ1) is 10.9. The molecule has 0 heterocycles. The third-order valence-corrected chi connectivity index (χ3v) is 6.19. The molecule has 0 aliphatic heterocycles. The molecular weight excluding hydrogens is 278 g/mol. The molecule has 0 aromatic heterocycles. The fourth-order valence-electron chi connectivity index (χ4n) is 4.67. The molecule has 3 atom stereocenters. The zero-order chi connectivity index (χ0) is 16.8. The third-order valence-electron chi connectivity index (χ3n) is 6.19. The van der Waals surface area contributed by atoms with Gasteiger partial charge in [-0.25, -0.2) is 0 Å². The molecule has 1 aromatic rings. The molecule has 1 nitrogen and oxygen atoms in total. The lowest BCUT2D eigenvalue weighted by Crippen LogP contribution is -2.34. The molecule has 23 heavy (non-hydrogen) atoms. The molecule has 1 aromatic carbocycles. The monoisotopic (exact) mass is 309 g/mol. The normalized spacial score (nSPS) is 27.3. The van der Waals surface area contributed by atoms with E-state index in [0.29, 0.717) is 11.5 Å². The van der Waals surface area contributed by atoms with Crippen molar-refractivity contribution in [1.29, 1.82) is 0 Å². The number of nitrogens with zero attached hydrogens (tertiary/aromatic N) is 1. The van der Waals surface area contributed by atoms with E-state index in [1.165, 1.54) is 28.7 Å². The van der Waals surface area contributed by atoms with Crippen LogP contribution in [0.15, 0.2) is 41.5 Å². The van der Waals surface area contributed by atoms with Crippen LogP contribution in [0.2, 0.25) is 0 Å². The second kappa shape index (κ2) is 5.94. The van der Waals surface area contributed by atoms with Crippen LogP contribution in [0.3, 0.4) is 0 Å². The van der Waals surface area contributed by atoms with Gasteiger partial charge in [0.1, 0.15) is 0 Å². The number of allylic oxidation sites excluding steroid dienone is 3. The van der Waals surface area contributed by atoms with Gasteiger partial charge in [-0.05, 0) is 79.5 Å². The summed E-state index contributed by atoms with van der Waals surface area (Å²) in [5, 5.41) is 0. The fourth-order valence-corrected chi connectivity index (χ4v) is 4.67. The molecule has 0 bridgehead atoms. The van der Waals surface area contributed by atoms with Crippen molar-refractivity contribution in [2.45, 2.75) is 54.0 Å². The summed E-state index contributed by atoms with van der Waals surface area (Å²) >= 11 is 0. The Labute approximate surface area is 142 Å². The number of hydrogen-bond donors (Lipinski definition) is 0. The average Bonchev–Trinajstić information content (AvgIpc) is 3.18. The number of fused-ring (bicyclic) bond motifs is 1. The van der Waals surface area contributed by atoms with Crippen LogP contribution < -0.4 is 0 Å². The molecule has 1 fully saturated rings. The smallest absolute Gasteiger partial charge is 0.0577 e. The van der Waals surface area contributed by atoms with E-state index in [1.54, 1.807) is 5.57 Å². The average molecular weight is 309 g/mol. The van der Waals surface area contributed by atoms with Gasteiger partial charge in [0.2, 0.25) is 0 Å². The van der Waals surface area contributed by atoms with Gasteiger partial charge in [0, 0.05) is 0 Å². The lowest BCUT2D eigenvalue weighted by molar-refractivity contribution is 0.229. The van der Waals surface area contributed by atoms with Crippen LogP contribution in [0.4, 0.5) is 0 Å². The van der Waals surface area contributed by atoms with Crippen LogP contribution in [-0.4, -0.2) is 18.0 Å². The van der Waals surface area contributed by atoms with Crippen molar-refractivity contribution in [2.24, 2.45) is 11.3 Å². The van der Waals surface area contributed by atoms with E-state index in [4.69, 9.17) is 0 Å². The minimum absolute atomic E-state index is 0.376. The van der Waals surface area contributed by atoms with Gasteiger partial charge in [0.15, 0.2) is 0 Å². The molecule has 2 aliphatic rings. The summed E-state index contributed by atoms with van der Waals surface area (Å²) in [5.41, 5.74) is 7.93. The number of likely N-dealkylation sites (N-methyl/N-ethyl adjacent to an activating group) is 1. The van der Waals surface area contributed by atoms with Gasteiger partial charge < -0.3 is 0 Å². The second-order valence-corrected chi connectivity index (χ2v) is 7.61. The minimum atomic E-state index is 0.376. The summed E-state index contributed by atoms with van der Waals surface area (Å²) in [6, 6.07) is 7.17. The van der Waals surface area contributed by atoms with Crippen LogP contribution in [0, 0.1) is 25.2 Å². The summed E-state index contributed by atoms with van der Waals surface area (Å²) in [5.74, 6) is 0.753. The number of benzene rings is 1. The van der Waals surface area contributed by atoms with Gasteiger partial charge in [-0.3, -0.25) is 4.90 Å². The summed E-state index contributed by atoms with van der Waals surface area (Å²) < 4.78 is 0. The highest BCUT2D eigenvalue weighted by Gasteiger charge is 2.55. The Morgan fingerprint density at radius 3 is 2.30 bits per heavy atom. The third kappa shape index (κ3) is 2.59. The number of rotatable bonds is 5. The van der Waals surface area contributed by atoms with Crippen LogP contribution >= 0.6 is 0 Å². The van der Waals surface area contributed by atoms with E-state index in [9.17, 15) is 0 Å². The Hall–Kier alpha value is -1.34. The first-order valence-corrected chi connectivity index (χ1v) is 9.13. The predicted molar refractivity (Wildman–Crippen MR) is 99.6 cm³/mol. The summed E-state index contributed by atoms with van der Waals surface area (Å²) in [6.07, 6.45) is 6.13. The second-order valence-electron chi connectivity index (χ2n) is 7.61. The summed E-state index contributed by atoms with van der Waals surface area (Å²) in [6.45, 7) is 16.1. The first kappa shape index (κ1) is 16.5. The minimum Gasteiger partial charge on any atom is -0.293 e. The molecule has 1 saturated carbocycles. The molecule has 0 saturated heterocycles. The molecule has 2 aliphatic carbocycles. The van der Waals surface area contributed by atoms with Crippen molar-refractivity contribution in [1.82, 2.24) is 4.90 Å². The topological polar surface area (TPSA) is 3.24 Å². The van der Waals surface area contributed by atoms with E-state index in [0.717, 1.165) is 19.0 Å². The van der Waals surface area contributed by atoms with E-state index >= 15 is 0 Å². The van der Waals surface area contributed by atoms with Crippen molar-refractivity contribution in [3.05, 3.63) is 58.2 Å². The maximum atomic E-state index is 2.65. The van der Waals surface area contributed by atoms with Gasteiger partial charge in [-0.1, -0.05) is 51.1 Å². The molecule has 0 N–H and O–H groups in total. The standard InChI is InChI=1S/C22H31N/c1-7-23(8-2)21(19-15(3)10-9-11-16(19)4)20-17(5)12-13-18-14-22(18,20)6/h9-13,18,21H,7-8,14H2,1-6H3/t18?,21-,22?/m0/s1. The highest BCUT2D eigenvalue weighted by Crippen LogP contribution is 2.64. The molecular formula is C22H31N. The van der Waals surface area contributed by atoms with Crippen LogP contribution in [0.1, 0.15) is 56.8 Å². The quantitative estimate of drug-likeness (QED) is 0.684. The summed E-state index contributed by atoms with van der Waals surface area (Å²) in [7, 11) is 0. The van der Waals surface area contributed by atoms with Crippen molar-refractivity contribution in [3.8, 4) is 0 Å². The maximum Gasteiger partial charge on any atom is 0.0577 e. The van der Waals surface area contributed by atoms with E-state index in [1.807, 2.05) is 0 Å². The maximum absolute atomic E-state index is 2.65. The van der Waals surface area contributed by atoms with Gasteiger partial charge in [0.05, 0.1) is 6.04 Å². The molecule has 0 radical (unpaired) electrons. The van der Waals surface area contributed by atoms with Crippen molar-refractivity contribution < 1.29 is 0 Å². The largest absolute Gasteiger partial charge is 0.293 e. The van der Waals surface area contributed by atoms with Crippen LogP contribution in [-0.2, 0) is 0 Å². The number of hydrogen-bond acceptors (Lipinski definition) is 1. The Bertz CT molecular complexity index is 642. The number of aryl methyl sites for hydroxylation is 2. The van der Waals surface area contributed by atoms with E-state index in [-0.39, 0.29) is 0 Å². The molecule has 0 spiro atoms. The Morgan fingerprint density at radius 1 is 1.13 bits per heavy atom. The van der Waals surface area contributed by atoms with Gasteiger partial charge in [-0.15, -0.1) is 0 Å². The van der Waals surface area contributed by atoms with Crippen molar-refractivity contribution in [2.75, 3.05) is 13.1 Å². The van der Waals surface area contributed by atoms with Crippen LogP contribution in [0.5, 0.6) is 0 Å². The zero-order valence-electron chi connectivity index (χ0n) is 15.6. The molecule has 124 valence electrons. The zero-order valence-corrected chi connectivity index (χ0v) is 15.6. The molecule has 0 amide bonds. The SMILES string of the molecule is CCN(CC)[C@H](C1=C(C)C=CC2CC12C)c1c(C)cccc1C. The van der Waals surface area contributed by atoms with Gasteiger partial charge in [-0.2, -0.15) is 0 Å². The van der Waals surface area contributed by atoms with Crippen molar-refractivity contribution >= 4 is 0 Å². The lowest BCUT2D eigenvalue weighted by atomic mass is 9.77. The first-order valence-electron chi connectivity index (χ1n) is 9.13. The highest BCUT2D eigenvalue weighted by molar-refractivity contribution is 5.50. The molecule has 2 unspecified atom stereocenters.